The monoisotopic (exact) mass is 371 g/mol. The van der Waals surface area contributed by atoms with Crippen molar-refractivity contribution in [2.45, 2.75) is 11.8 Å². The fourth-order valence-corrected chi connectivity index (χ4v) is 3.07. The van der Waals surface area contributed by atoms with Gasteiger partial charge in [-0.1, -0.05) is 17.7 Å². The van der Waals surface area contributed by atoms with Crippen molar-refractivity contribution in [3.8, 4) is 0 Å². The van der Waals surface area contributed by atoms with E-state index in [9.17, 15) is 13.2 Å². The number of alkyl halides is 3. The number of nitrogens with zero attached hydrogens (tertiary/aromatic N) is 2. The Hall–Kier alpha value is -1.83. The van der Waals surface area contributed by atoms with Crippen molar-refractivity contribution >= 4 is 23.1 Å². The Labute approximate surface area is 148 Å². The molecule has 1 N–H and O–H groups in total. The zero-order chi connectivity index (χ0) is 18.2. The molecule has 0 fully saturated rings. The molecule has 1 atom stereocenters. The molecule has 1 aliphatic heterocycles. The van der Waals surface area contributed by atoms with E-state index in [4.69, 9.17) is 16.3 Å². The van der Waals surface area contributed by atoms with Crippen molar-refractivity contribution in [3.05, 3.63) is 52.7 Å². The molecule has 0 amide bonds. The van der Waals surface area contributed by atoms with Crippen LogP contribution in [0.4, 0.5) is 24.7 Å². The van der Waals surface area contributed by atoms with Gasteiger partial charge in [0.15, 0.2) is 0 Å². The number of ether oxygens (including phenoxy) is 1. The fraction of sp³-hybridized carbons (Fsp3) is 0.353. The summed E-state index contributed by atoms with van der Waals surface area (Å²) in [6.07, 6.45) is -3.26. The molecule has 2 aromatic rings. The maximum atomic E-state index is 14.4. The standard InChI is InChI=1S/C17H17ClF3N3O/c1-24(2)8-9-25-16(17(19,20)21)12-4-3-7-22-15(12)23-14-6-5-11(18)10-13(14)16/h3-7,10H,8-9H2,1-2H3,(H,22,23). The van der Waals surface area contributed by atoms with Crippen LogP contribution in [0, 0.1) is 0 Å². The lowest BCUT2D eigenvalue weighted by Gasteiger charge is -2.41. The first kappa shape index (κ1) is 18.0. The van der Waals surface area contributed by atoms with Crippen molar-refractivity contribution < 1.29 is 17.9 Å². The minimum absolute atomic E-state index is 0.0632. The second-order valence-corrected chi connectivity index (χ2v) is 6.48. The molecule has 0 saturated carbocycles. The predicted molar refractivity (Wildman–Crippen MR) is 90.3 cm³/mol. The van der Waals surface area contributed by atoms with Crippen LogP contribution in [-0.2, 0) is 10.3 Å². The predicted octanol–water partition coefficient (Wildman–Crippen LogP) is 4.18. The average Bonchev–Trinajstić information content (AvgIpc) is 2.53. The topological polar surface area (TPSA) is 37.4 Å². The highest BCUT2D eigenvalue weighted by Crippen LogP contribution is 2.54. The van der Waals surface area contributed by atoms with Crippen LogP contribution in [0.25, 0.3) is 0 Å². The summed E-state index contributed by atoms with van der Waals surface area (Å²) in [6.45, 7) is 0.240. The molecule has 0 aliphatic carbocycles. The van der Waals surface area contributed by atoms with Gasteiger partial charge in [-0.2, -0.15) is 13.2 Å². The molecule has 8 heteroatoms. The Kier molecular flexibility index (Phi) is 4.66. The van der Waals surface area contributed by atoms with E-state index >= 15 is 0 Å². The maximum absolute atomic E-state index is 14.4. The lowest BCUT2D eigenvalue weighted by molar-refractivity contribution is -0.267. The summed E-state index contributed by atoms with van der Waals surface area (Å²) in [5.74, 6) is 0.125. The molecule has 0 spiro atoms. The number of anilines is 2. The Balaban J connectivity index is 2.22. The number of rotatable bonds is 4. The molecule has 1 unspecified atom stereocenters. The van der Waals surface area contributed by atoms with Gasteiger partial charge >= 0.3 is 6.18 Å². The molecule has 25 heavy (non-hydrogen) atoms. The van der Waals surface area contributed by atoms with E-state index in [1.165, 1.54) is 36.5 Å². The summed E-state index contributed by atoms with van der Waals surface area (Å²) in [4.78, 5) is 5.82. The van der Waals surface area contributed by atoms with Crippen molar-refractivity contribution in [1.29, 1.82) is 0 Å². The minimum Gasteiger partial charge on any atom is -0.355 e. The molecule has 3 rings (SSSR count). The van der Waals surface area contributed by atoms with Crippen LogP contribution in [0.15, 0.2) is 36.5 Å². The summed E-state index contributed by atoms with van der Waals surface area (Å²) in [7, 11) is 3.54. The van der Waals surface area contributed by atoms with Crippen LogP contribution < -0.4 is 5.32 Å². The van der Waals surface area contributed by atoms with Gasteiger partial charge in [0.05, 0.1) is 6.61 Å². The number of hydrogen-bond acceptors (Lipinski definition) is 4. The van der Waals surface area contributed by atoms with Gasteiger partial charge in [0.1, 0.15) is 5.82 Å². The Morgan fingerprint density at radius 2 is 2.00 bits per heavy atom. The van der Waals surface area contributed by atoms with Crippen LogP contribution in [0.1, 0.15) is 11.1 Å². The molecular weight excluding hydrogens is 355 g/mol. The quantitative estimate of drug-likeness (QED) is 0.875. The van der Waals surface area contributed by atoms with Crippen molar-refractivity contribution in [3.63, 3.8) is 0 Å². The molecule has 0 bridgehead atoms. The SMILES string of the molecule is CN(C)CCOC1(C(F)(F)F)c2cc(Cl)ccc2Nc2ncccc21. The van der Waals surface area contributed by atoms with Crippen LogP contribution in [-0.4, -0.2) is 43.3 Å². The van der Waals surface area contributed by atoms with Gasteiger partial charge in [-0.3, -0.25) is 0 Å². The third-order valence-corrected chi connectivity index (χ3v) is 4.29. The minimum atomic E-state index is -4.70. The van der Waals surface area contributed by atoms with E-state index in [0.29, 0.717) is 6.54 Å². The van der Waals surface area contributed by atoms with Gasteiger partial charge in [0.2, 0.25) is 5.60 Å². The Bertz CT molecular complexity index is 782. The number of pyridine rings is 1. The van der Waals surface area contributed by atoms with E-state index in [-0.39, 0.29) is 34.3 Å². The molecule has 134 valence electrons. The van der Waals surface area contributed by atoms with Gasteiger partial charge in [-0.15, -0.1) is 0 Å². The first-order valence-corrected chi connectivity index (χ1v) is 8.01. The van der Waals surface area contributed by atoms with E-state index < -0.39 is 11.8 Å². The molecule has 1 aromatic heterocycles. The lowest BCUT2D eigenvalue weighted by atomic mass is 9.82. The molecular formula is C17H17ClF3N3O. The number of benzene rings is 1. The number of fused-ring (bicyclic) bond motifs is 2. The summed E-state index contributed by atoms with van der Waals surface area (Å²) in [6, 6.07) is 7.17. The average molecular weight is 372 g/mol. The smallest absolute Gasteiger partial charge is 0.355 e. The van der Waals surface area contributed by atoms with Gasteiger partial charge in [0.25, 0.3) is 0 Å². The normalized spacial score (nSPS) is 19.3. The van der Waals surface area contributed by atoms with Crippen molar-refractivity contribution in [1.82, 2.24) is 9.88 Å². The second kappa shape index (κ2) is 6.48. The molecule has 4 nitrogen and oxygen atoms in total. The summed E-state index contributed by atoms with van der Waals surface area (Å²) >= 11 is 5.99. The fourth-order valence-electron chi connectivity index (χ4n) is 2.90. The molecule has 1 aromatic carbocycles. The third-order valence-electron chi connectivity index (χ3n) is 4.06. The van der Waals surface area contributed by atoms with Crippen LogP contribution >= 0.6 is 11.6 Å². The zero-order valence-electron chi connectivity index (χ0n) is 13.7. The molecule has 0 saturated heterocycles. The number of nitrogens with one attached hydrogen (secondary N) is 1. The zero-order valence-corrected chi connectivity index (χ0v) is 14.4. The van der Waals surface area contributed by atoms with Crippen LogP contribution in [0.5, 0.6) is 0 Å². The van der Waals surface area contributed by atoms with Gasteiger partial charge < -0.3 is 15.0 Å². The number of likely N-dealkylation sites (N-methyl/N-ethyl adjacent to an activating group) is 1. The lowest BCUT2D eigenvalue weighted by Crippen LogP contribution is -2.49. The van der Waals surface area contributed by atoms with Crippen molar-refractivity contribution in [2.24, 2.45) is 0 Å². The Morgan fingerprint density at radius 3 is 2.68 bits per heavy atom. The summed E-state index contributed by atoms with van der Waals surface area (Å²) in [5.41, 5.74) is -2.49. The number of hydrogen-bond donors (Lipinski definition) is 1. The number of halogens is 4. The van der Waals surface area contributed by atoms with Crippen LogP contribution in [0.2, 0.25) is 5.02 Å². The molecule has 2 heterocycles. The van der Waals surface area contributed by atoms with Gasteiger partial charge in [-0.05, 0) is 38.4 Å². The highest BCUT2D eigenvalue weighted by atomic mass is 35.5. The van der Waals surface area contributed by atoms with E-state index in [2.05, 4.69) is 10.3 Å². The van der Waals surface area contributed by atoms with Gasteiger partial charge in [0, 0.05) is 34.6 Å². The van der Waals surface area contributed by atoms with E-state index in [0.717, 1.165) is 0 Å². The maximum Gasteiger partial charge on any atom is 0.426 e. The van der Waals surface area contributed by atoms with Crippen LogP contribution in [0.3, 0.4) is 0 Å². The van der Waals surface area contributed by atoms with E-state index in [1.807, 2.05) is 0 Å². The number of aromatic nitrogens is 1. The van der Waals surface area contributed by atoms with Gasteiger partial charge in [-0.25, -0.2) is 4.98 Å². The van der Waals surface area contributed by atoms with Crippen molar-refractivity contribution in [2.75, 3.05) is 32.6 Å². The second-order valence-electron chi connectivity index (χ2n) is 6.05. The largest absolute Gasteiger partial charge is 0.426 e. The molecule has 0 radical (unpaired) electrons. The Morgan fingerprint density at radius 1 is 1.24 bits per heavy atom. The first-order valence-electron chi connectivity index (χ1n) is 7.63. The summed E-state index contributed by atoms with van der Waals surface area (Å²) < 4.78 is 48.7. The van der Waals surface area contributed by atoms with E-state index in [1.54, 1.807) is 19.0 Å². The first-order chi connectivity index (χ1) is 11.8. The highest BCUT2D eigenvalue weighted by molar-refractivity contribution is 6.30. The summed E-state index contributed by atoms with van der Waals surface area (Å²) in [5, 5.41) is 3.14. The molecule has 1 aliphatic rings. The highest BCUT2D eigenvalue weighted by Gasteiger charge is 2.62. The third kappa shape index (κ3) is 3.07.